The first-order chi connectivity index (χ1) is 13.8. The minimum atomic E-state index is 0.456. The van der Waals surface area contributed by atoms with Gasteiger partial charge in [-0.3, -0.25) is 4.98 Å². The molecule has 0 amide bonds. The van der Waals surface area contributed by atoms with Gasteiger partial charge in [-0.15, -0.1) is 0 Å². The van der Waals surface area contributed by atoms with Crippen LogP contribution in [0.1, 0.15) is 43.2 Å². The van der Waals surface area contributed by atoms with Crippen molar-refractivity contribution in [3.8, 4) is 11.4 Å². The highest BCUT2D eigenvalue weighted by Gasteiger charge is 2.15. The van der Waals surface area contributed by atoms with Gasteiger partial charge in [0.15, 0.2) is 0 Å². The van der Waals surface area contributed by atoms with Gasteiger partial charge in [0, 0.05) is 24.8 Å². The van der Waals surface area contributed by atoms with Crippen molar-refractivity contribution in [2.24, 2.45) is 0 Å². The molecule has 1 fully saturated rings. The fourth-order valence-electron chi connectivity index (χ4n) is 3.69. The number of nitrogens with one attached hydrogen (secondary N) is 2. The lowest BCUT2D eigenvalue weighted by Gasteiger charge is -2.23. The van der Waals surface area contributed by atoms with Gasteiger partial charge in [0.05, 0.1) is 11.4 Å². The predicted octanol–water partition coefficient (Wildman–Crippen LogP) is 5.20. The van der Waals surface area contributed by atoms with Crippen LogP contribution < -0.4 is 10.6 Å². The number of nitrogens with zero attached hydrogens (tertiary/aromatic N) is 3. The average molecular weight is 374 g/mol. The highest BCUT2D eigenvalue weighted by atomic mass is 15.2. The number of anilines is 2. The van der Waals surface area contributed by atoms with Crippen LogP contribution in [0, 0.1) is 6.92 Å². The molecule has 4 rings (SSSR count). The van der Waals surface area contributed by atoms with Crippen LogP contribution in [-0.2, 0) is 6.54 Å². The summed E-state index contributed by atoms with van der Waals surface area (Å²) in [5.41, 5.74) is 4.19. The van der Waals surface area contributed by atoms with E-state index in [9.17, 15) is 0 Å². The lowest BCUT2D eigenvalue weighted by molar-refractivity contribution is 0.461. The van der Waals surface area contributed by atoms with Gasteiger partial charge in [-0.1, -0.05) is 55.2 Å². The van der Waals surface area contributed by atoms with Crippen molar-refractivity contribution in [2.45, 2.75) is 51.6 Å². The summed E-state index contributed by atoms with van der Waals surface area (Å²) in [7, 11) is 0. The zero-order chi connectivity index (χ0) is 19.2. The van der Waals surface area contributed by atoms with Crippen molar-refractivity contribution in [1.29, 1.82) is 0 Å². The summed E-state index contributed by atoms with van der Waals surface area (Å²) in [6.45, 7) is 2.84. The van der Waals surface area contributed by atoms with E-state index < -0.39 is 0 Å². The Labute approximate surface area is 166 Å². The van der Waals surface area contributed by atoms with Crippen LogP contribution in [0.4, 0.5) is 11.8 Å². The molecule has 2 aromatic heterocycles. The largest absolute Gasteiger partial charge is 0.366 e. The number of aromatic nitrogens is 3. The number of benzene rings is 1. The highest BCUT2D eigenvalue weighted by Crippen LogP contribution is 2.24. The number of pyridine rings is 1. The quantitative estimate of drug-likeness (QED) is 0.621. The first-order valence-electron chi connectivity index (χ1n) is 10.1. The van der Waals surface area contributed by atoms with Crippen LogP contribution in [0.5, 0.6) is 0 Å². The molecule has 0 bridgehead atoms. The third-order valence-corrected chi connectivity index (χ3v) is 5.15. The molecule has 5 heteroatoms. The topological polar surface area (TPSA) is 62.7 Å². The third-order valence-electron chi connectivity index (χ3n) is 5.15. The molecule has 0 spiro atoms. The number of rotatable bonds is 6. The number of aryl methyl sites for hydroxylation is 1. The predicted molar refractivity (Wildman–Crippen MR) is 114 cm³/mol. The van der Waals surface area contributed by atoms with Crippen molar-refractivity contribution in [3.63, 3.8) is 0 Å². The van der Waals surface area contributed by atoms with Gasteiger partial charge in [0.2, 0.25) is 5.95 Å². The van der Waals surface area contributed by atoms with Crippen molar-refractivity contribution in [2.75, 3.05) is 10.6 Å². The Bertz CT molecular complexity index is 904. The van der Waals surface area contributed by atoms with E-state index in [1.165, 1.54) is 43.2 Å². The molecular weight excluding hydrogens is 346 g/mol. The molecule has 0 unspecified atom stereocenters. The van der Waals surface area contributed by atoms with E-state index in [4.69, 9.17) is 9.97 Å². The van der Waals surface area contributed by atoms with Gasteiger partial charge in [-0.2, -0.15) is 4.98 Å². The molecule has 1 saturated carbocycles. The van der Waals surface area contributed by atoms with E-state index in [2.05, 4.69) is 46.8 Å². The molecule has 0 aliphatic heterocycles. The van der Waals surface area contributed by atoms with Crippen LogP contribution in [0.15, 0.2) is 54.7 Å². The number of hydrogen-bond acceptors (Lipinski definition) is 5. The summed E-state index contributed by atoms with van der Waals surface area (Å²) < 4.78 is 0. The molecule has 5 nitrogen and oxygen atoms in total. The lowest BCUT2D eigenvalue weighted by atomic mass is 9.96. The zero-order valence-electron chi connectivity index (χ0n) is 16.4. The molecular formula is C23H27N5. The normalized spacial score (nSPS) is 14.6. The second-order valence-corrected chi connectivity index (χ2v) is 7.50. The maximum atomic E-state index is 4.74. The summed E-state index contributed by atoms with van der Waals surface area (Å²) >= 11 is 0. The van der Waals surface area contributed by atoms with E-state index in [1.54, 1.807) is 6.20 Å². The molecule has 0 radical (unpaired) electrons. The standard InChI is InChI=1S/C23H27N5/c1-17-8-7-9-18(14-17)16-25-22-15-21(20-12-5-6-13-24-20)27-23(28-22)26-19-10-3-2-4-11-19/h5-9,12-15,19H,2-4,10-11,16H2,1H3,(H2,25,26,27,28). The smallest absolute Gasteiger partial charge is 0.225 e. The third kappa shape index (κ3) is 4.85. The van der Waals surface area contributed by atoms with Crippen molar-refractivity contribution in [3.05, 3.63) is 65.9 Å². The second kappa shape index (κ2) is 8.83. The van der Waals surface area contributed by atoms with Crippen molar-refractivity contribution in [1.82, 2.24) is 15.0 Å². The summed E-state index contributed by atoms with van der Waals surface area (Å²) in [6, 6.07) is 16.8. The summed E-state index contributed by atoms with van der Waals surface area (Å²) in [4.78, 5) is 13.9. The van der Waals surface area contributed by atoms with Crippen molar-refractivity contribution >= 4 is 11.8 Å². The molecule has 0 atom stereocenters. The fraction of sp³-hybridized carbons (Fsp3) is 0.348. The van der Waals surface area contributed by atoms with Gasteiger partial charge in [-0.05, 0) is 37.5 Å². The highest BCUT2D eigenvalue weighted by molar-refractivity contribution is 5.61. The SMILES string of the molecule is Cc1cccc(CNc2cc(-c3ccccn3)nc(NC3CCCCC3)n2)c1. The van der Waals surface area contributed by atoms with Crippen LogP contribution in [0.2, 0.25) is 0 Å². The minimum Gasteiger partial charge on any atom is -0.366 e. The Balaban J connectivity index is 1.57. The summed E-state index contributed by atoms with van der Waals surface area (Å²) in [5.74, 6) is 1.50. The molecule has 2 N–H and O–H groups in total. The van der Waals surface area contributed by atoms with E-state index in [0.29, 0.717) is 12.0 Å². The molecule has 1 aliphatic carbocycles. The lowest BCUT2D eigenvalue weighted by Crippen LogP contribution is -2.23. The Kier molecular flexibility index (Phi) is 5.80. The molecule has 1 aliphatic rings. The summed E-state index contributed by atoms with van der Waals surface area (Å²) in [6.07, 6.45) is 8.04. The van der Waals surface area contributed by atoms with E-state index >= 15 is 0 Å². The summed E-state index contributed by atoms with van der Waals surface area (Å²) in [5, 5.41) is 7.01. The van der Waals surface area contributed by atoms with Crippen LogP contribution in [0.3, 0.4) is 0 Å². The van der Waals surface area contributed by atoms with Gasteiger partial charge in [0.25, 0.3) is 0 Å². The molecule has 3 aromatic rings. The van der Waals surface area contributed by atoms with Gasteiger partial charge < -0.3 is 10.6 Å². The Morgan fingerprint density at radius 3 is 2.61 bits per heavy atom. The molecule has 28 heavy (non-hydrogen) atoms. The second-order valence-electron chi connectivity index (χ2n) is 7.50. The first kappa shape index (κ1) is 18.4. The van der Waals surface area contributed by atoms with Crippen molar-refractivity contribution < 1.29 is 0 Å². The molecule has 144 valence electrons. The van der Waals surface area contributed by atoms with Gasteiger partial charge >= 0.3 is 0 Å². The van der Waals surface area contributed by atoms with Crippen LogP contribution >= 0.6 is 0 Å². The van der Waals surface area contributed by atoms with Gasteiger partial charge in [0.1, 0.15) is 5.82 Å². The maximum Gasteiger partial charge on any atom is 0.225 e. The minimum absolute atomic E-state index is 0.456. The molecule has 0 saturated heterocycles. The van der Waals surface area contributed by atoms with Crippen LogP contribution in [-0.4, -0.2) is 21.0 Å². The van der Waals surface area contributed by atoms with Gasteiger partial charge in [-0.25, -0.2) is 4.98 Å². The first-order valence-corrected chi connectivity index (χ1v) is 10.1. The number of hydrogen-bond donors (Lipinski definition) is 2. The average Bonchev–Trinajstić information content (AvgIpc) is 2.74. The molecule has 1 aromatic carbocycles. The van der Waals surface area contributed by atoms with E-state index in [0.717, 1.165) is 23.8 Å². The Morgan fingerprint density at radius 1 is 0.929 bits per heavy atom. The zero-order valence-corrected chi connectivity index (χ0v) is 16.4. The molecule has 2 heterocycles. The van der Waals surface area contributed by atoms with Crippen LogP contribution in [0.25, 0.3) is 11.4 Å². The fourth-order valence-corrected chi connectivity index (χ4v) is 3.69. The Hall–Kier alpha value is -2.95. The maximum absolute atomic E-state index is 4.74. The van der Waals surface area contributed by atoms with E-state index in [-0.39, 0.29) is 0 Å². The monoisotopic (exact) mass is 373 g/mol. The van der Waals surface area contributed by atoms with E-state index in [1.807, 2.05) is 24.3 Å². The Morgan fingerprint density at radius 2 is 1.82 bits per heavy atom.